The van der Waals surface area contributed by atoms with Crippen LogP contribution in [0.4, 0.5) is 0 Å². The van der Waals surface area contributed by atoms with Crippen LogP contribution in [-0.2, 0) is 0 Å². The fourth-order valence-corrected chi connectivity index (χ4v) is 2.44. The van der Waals surface area contributed by atoms with E-state index in [2.05, 4.69) is 10.2 Å². The third kappa shape index (κ3) is 1.70. The zero-order valence-electron chi connectivity index (χ0n) is 9.87. The molecule has 0 saturated heterocycles. The molecule has 0 atom stereocenters. The zero-order chi connectivity index (χ0) is 12.5. The molecule has 0 unspecified atom stereocenters. The second-order valence-electron chi connectivity index (χ2n) is 4.54. The monoisotopic (exact) mass is 246 g/mol. The van der Waals surface area contributed by atoms with E-state index in [9.17, 15) is 4.79 Å². The van der Waals surface area contributed by atoms with Crippen molar-refractivity contribution in [1.82, 2.24) is 14.9 Å². The molecule has 1 aliphatic carbocycles. The molecule has 0 amide bonds. The second-order valence-corrected chi connectivity index (χ2v) is 4.54. The van der Waals surface area contributed by atoms with Crippen LogP contribution in [0.3, 0.4) is 0 Å². The van der Waals surface area contributed by atoms with Crippen molar-refractivity contribution in [3.63, 3.8) is 0 Å². The molecule has 2 heterocycles. The Kier molecular flexibility index (Phi) is 2.62. The lowest BCUT2D eigenvalue weighted by molar-refractivity contribution is 0.565. The van der Waals surface area contributed by atoms with Gasteiger partial charge in [0.05, 0.1) is 6.26 Å². The highest BCUT2D eigenvalue weighted by Gasteiger charge is 2.23. The van der Waals surface area contributed by atoms with Gasteiger partial charge in [0, 0.05) is 5.92 Å². The molecule has 94 valence electrons. The largest absolute Gasteiger partial charge is 0.462 e. The molecule has 0 aromatic carbocycles. The van der Waals surface area contributed by atoms with Crippen molar-refractivity contribution < 1.29 is 4.42 Å². The highest BCUT2D eigenvalue weighted by molar-refractivity contribution is 5.49. The Balaban J connectivity index is 2.06. The van der Waals surface area contributed by atoms with Crippen molar-refractivity contribution in [2.45, 2.75) is 31.6 Å². The number of hydrogen-bond acceptors (Lipinski definition) is 5. The van der Waals surface area contributed by atoms with Crippen LogP contribution in [0.25, 0.3) is 11.5 Å². The average molecular weight is 246 g/mol. The Bertz CT molecular complexity index is 597. The highest BCUT2D eigenvalue weighted by atomic mass is 16.3. The van der Waals surface area contributed by atoms with E-state index in [0.29, 0.717) is 11.6 Å². The lowest BCUT2D eigenvalue weighted by atomic mass is 10.1. The number of aromatic nitrogens is 3. The Morgan fingerprint density at radius 1 is 1.33 bits per heavy atom. The summed E-state index contributed by atoms with van der Waals surface area (Å²) in [5.74, 6) is 7.05. The number of hydrogen-bond donors (Lipinski definition) is 1. The molecule has 0 spiro atoms. The molecular weight excluding hydrogens is 232 g/mol. The van der Waals surface area contributed by atoms with E-state index in [4.69, 9.17) is 10.3 Å². The first kappa shape index (κ1) is 11.0. The zero-order valence-corrected chi connectivity index (χ0v) is 9.87. The lowest BCUT2D eigenvalue weighted by Gasteiger charge is -2.11. The van der Waals surface area contributed by atoms with Crippen LogP contribution in [0.1, 0.15) is 37.4 Å². The molecule has 6 nitrogen and oxygen atoms in total. The summed E-state index contributed by atoms with van der Waals surface area (Å²) in [6, 6.07) is 3.36. The van der Waals surface area contributed by atoms with E-state index >= 15 is 0 Å². The van der Waals surface area contributed by atoms with Crippen LogP contribution in [0, 0.1) is 0 Å². The van der Waals surface area contributed by atoms with Crippen molar-refractivity contribution in [3.05, 3.63) is 34.6 Å². The lowest BCUT2D eigenvalue weighted by Crippen LogP contribution is -2.34. The highest BCUT2D eigenvalue weighted by Crippen LogP contribution is 2.31. The summed E-state index contributed by atoms with van der Waals surface area (Å²) < 4.78 is 6.26. The van der Waals surface area contributed by atoms with Crippen LogP contribution >= 0.6 is 0 Å². The normalized spacial score (nSPS) is 16.2. The molecule has 18 heavy (non-hydrogen) atoms. The molecule has 2 N–H and O–H groups in total. The molecular formula is C12H14N4O2. The van der Waals surface area contributed by atoms with Crippen molar-refractivity contribution in [3.8, 4) is 11.5 Å². The average Bonchev–Trinajstić information content (AvgIpc) is 3.03. The Labute approximate surface area is 103 Å². The van der Waals surface area contributed by atoms with Gasteiger partial charge < -0.3 is 10.3 Å². The summed E-state index contributed by atoms with van der Waals surface area (Å²) in [5.41, 5.74) is -0.203. The van der Waals surface area contributed by atoms with Gasteiger partial charge in [-0.3, -0.25) is 4.79 Å². The summed E-state index contributed by atoms with van der Waals surface area (Å²) in [6.07, 6.45) is 5.83. The van der Waals surface area contributed by atoms with Crippen molar-refractivity contribution >= 4 is 0 Å². The second kappa shape index (κ2) is 4.29. The summed E-state index contributed by atoms with van der Waals surface area (Å²) in [6.45, 7) is 0. The van der Waals surface area contributed by atoms with E-state index in [-0.39, 0.29) is 17.2 Å². The Hall–Kier alpha value is -2.11. The van der Waals surface area contributed by atoms with E-state index in [1.165, 1.54) is 6.26 Å². The molecule has 1 fully saturated rings. The number of furan rings is 1. The van der Waals surface area contributed by atoms with Gasteiger partial charge in [0.25, 0.3) is 0 Å². The van der Waals surface area contributed by atoms with E-state index in [1.54, 1.807) is 12.1 Å². The maximum absolute atomic E-state index is 12.1. The van der Waals surface area contributed by atoms with Gasteiger partial charge in [-0.25, -0.2) is 4.68 Å². The summed E-state index contributed by atoms with van der Waals surface area (Å²) in [5, 5.41) is 8.07. The SMILES string of the molecule is Nn1c(C2CCCC2)nnc(-c2ccco2)c1=O. The van der Waals surface area contributed by atoms with Crippen molar-refractivity contribution in [1.29, 1.82) is 0 Å². The van der Waals surface area contributed by atoms with Crippen LogP contribution in [0.2, 0.25) is 0 Å². The van der Waals surface area contributed by atoms with Gasteiger partial charge >= 0.3 is 5.56 Å². The molecule has 0 bridgehead atoms. The van der Waals surface area contributed by atoms with Gasteiger partial charge in [0.1, 0.15) is 0 Å². The molecule has 3 rings (SSSR count). The predicted octanol–water partition coefficient (Wildman–Crippen LogP) is 1.27. The molecule has 0 radical (unpaired) electrons. The summed E-state index contributed by atoms with van der Waals surface area (Å²) in [4.78, 5) is 12.1. The van der Waals surface area contributed by atoms with Crippen molar-refractivity contribution in [2.75, 3.05) is 5.84 Å². The minimum atomic E-state index is -0.359. The van der Waals surface area contributed by atoms with Gasteiger partial charge in [-0.05, 0) is 25.0 Å². The van der Waals surface area contributed by atoms with Crippen molar-refractivity contribution in [2.24, 2.45) is 0 Å². The summed E-state index contributed by atoms with van der Waals surface area (Å²) >= 11 is 0. The molecule has 1 aliphatic rings. The van der Waals surface area contributed by atoms with E-state index in [0.717, 1.165) is 30.4 Å². The number of nitrogen functional groups attached to an aromatic ring is 1. The first-order chi connectivity index (χ1) is 8.77. The quantitative estimate of drug-likeness (QED) is 0.806. The maximum Gasteiger partial charge on any atom is 0.302 e. The predicted molar refractivity (Wildman–Crippen MR) is 65.4 cm³/mol. The summed E-state index contributed by atoms with van der Waals surface area (Å²) in [7, 11) is 0. The molecule has 0 aliphatic heterocycles. The minimum Gasteiger partial charge on any atom is -0.462 e. The van der Waals surface area contributed by atoms with Gasteiger partial charge in [-0.2, -0.15) is 0 Å². The molecule has 2 aromatic rings. The van der Waals surface area contributed by atoms with Crippen LogP contribution in [0.5, 0.6) is 0 Å². The third-order valence-corrected chi connectivity index (χ3v) is 3.40. The van der Waals surface area contributed by atoms with Gasteiger partial charge in [-0.15, -0.1) is 10.2 Å². The van der Waals surface area contributed by atoms with Gasteiger partial charge in [0.15, 0.2) is 17.3 Å². The van der Waals surface area contributed by atoms with E-state index in [1.807, 2.05) is 0 Å². The first-order valence-corrected chi connectivity index (χ1v) is 6.06. The standard InChI is InChI=1S/C12H14N4O2/c13-16-11(8-4-1-2-5-8)15-14-10(12(16)17)9-6-3-7-18-9/h3,6-8H,1-2,4-5,13H2. The van der Waals surface area contributed by atoms with Crippen LogP contribution < -0.4 is 11.4 Å². The third-order valence-electron chi connectivity index (χ3n) is 3.40. The minimum absolute atomic E-state index is 0.157. The number of nitrogens with two attached hydrogens (primary N) is 1. The smallest absolute Gasteiger partial charge is 0.302 e. The molecule has 2 aromatic heterocycles. The van der Waals surface area contributed by atoms with Gasteiger partial charge in [-0.1, -0.05) is 12.8 Å². The Morgan fingerprint density at radius 2 is 2.11 bits per heavy atom. The van der Waals surface area contributed by atoms with Crippen LogP contribution in [0.15, 0.2) is 27.6 Å². The fourth-order valence-electron chi connectivity index (χ4n) is 2.44. The van der Waals surface area contributed by atoms with Gasteiger partial charge in [0.2, 0.25) is 0 Å². The number of nitrogens with zero attached hydrogens (tertiary/aromatic N) is 3. The van der Waals surface area contributed by atoms with E-state index < -0.39 is 0 Å². The fraction of sp³-hybridized carbons (Fsp3) is 0.417. The topological polar surface area (TPSA) is 86.9 Å². The first-order valence-electron chi connectivity index (χ1n) is 6.06. The van der Waals surface area contributed by atoms with Crippen LogP contribution in [-0.4, -0.2) is 14.9 Å². The molecule has 6 heteroatoms. The maximum atomic E-state index is 12.1. The molecule has 1 saturated carbocycles. The Morgan fingerprint density at radius 3 is 2.78 bits per heavy atom. The number of rotatable bonds is 2.